The van der Waals surface area contributed by atoms with Crippen LogP contribution in [0.15, 0.2) is 21.2 Å². The largest absolute Gasteiger partial charge is 0.748 e. The Kier molecular flexibility index (Phi) is 25.1. The molecule has 0 amide bonds. The molecule has 25 nitrogen and oxygen atoms in total. The molecule has 2 aliphatic carbocycles. The lowest BCUT2D eigenvalue weighted by Crippen LogP contribution is -2.61. The summed E-state index contributed by atoms with van der Waals surface area (Å²) in [6.45, 7) is 6.34. The number of esters is 1. The van der Waals surface area contributed by atoms with E-state index < -0.39 is 53.2 Å². The van der Waals surface area contributed by atoms with Crippen LogP contribution in [0.3, 0.4) is 0 Å². The topological polar surface area (TPSA) is 328 Å². The van der Waals surface area contributed by atoms with Gasteiger partial charge in [0.2, 0.25) is 18.2 Å². The van der Waals surface area contributed by atoms with Crippen LogP contribution in [0.25, 0.3) is 10.9 Å². The van der Waals surface area contributed by atoms with E-state index in [0.717, 1.165) is 25.7 Å². The maximum Gasteiger partial charge on any atom is 0.323 e. The summed E-state index contributed by atoms with van der Waals surface area (Å²) >= 11 is 7.13. The summed E-state index contributed by atoms with van der Waals surface area (Å²) < 4.78 is 87.7. The number of fused-ring (bicyclic) bond motifs is 2. The third-order valence-corrected chi connectivity index (χ3v) is 16.6. The number of hydrogen-bond donors (Lipinski definition) is 7. The number of anilines is 2. The van der Waals surface area contributed by atoms with E-state index in [1.165, 1.54) is 0 Å². The van der Waals surface area contributed by atoms with E-state index in [4.69, 9.17) is 42.6 Å². The number of carbonyl (C=O) groups excluding carboxylic acids is 1. The molecule has 7 N–H and O–H groups in total. The molecule has 7 rings (SSSR count). The molecule has 3 aromatic rings. The lowest BCUT2D eigenvalue weighted by Gasteiger charge is -2.45. The van der Waals surface area contributed by atoms with Crippen LogP contribution < -0.4 is 24.4 Å². The van der Waals surface area contributed by atoms with E-state index >= 15 is 0 Å². The minimum absolute atomic E-state index is 0.00278. The summed E-state index contributed by atoms with van der Waals surface area (Å²) in [6.07, 6.45) is 0.00906. The zero-order valence-electron chi connectivity index (χ0n) is 44.2. The van der Waals surface area contributed by atoms with Crippen molar-refractivity contribution in [3.63, 3.8) is 0 Å². The molecular weight excluding hydrogens is 1190 g/mol. The second-order valence-corrected chi connectivity index (χ2v) is 23.0. The minimum Gasteiger partial charge on any atom is -0.748 e. The van der Waals surface area contributed by atoms with Crippen LogP contribution in [0.5, 0.6) is 17.5 Å². The Labute approximate surface area is 476 Å². The number of rotatable bonds is 35. The average Bonchev–Trinajstić information content (AvgIpc) is 4.05. The Balaban J connectivity index is 0.816. The van der Waals surface area contributed by atoms with Gasteiger partial charge < -0.3 is 92.4 Å². The summed E-state index contributed by atoms with van der Waals surface area (Å²) in [6, 6.07) is 1.85. The van der Waals surface area contributed by atoms with Crippen LogP contribution >= 0.6 is 31.9 Å². The highest BCUT2D eigenvalue weighted by Gasteiger charge is 2.49. The number of piperazine rings is 1. The molecular formula is C51H75Br2N7O18S. The lowest BCUT2D eigenvalue weighted by atomic mass is 9.99. The minimum atomic E-state index is -4.35. The van der Waals surface area contributed by atoms with Crippen molar-refractivity contribution >= 4 is 70.7 Å². The first-order chi connectivity index (χ1) is 38.2. The maximum atomic E-state index is 12.3. The SMILES string of the molecule is O=C(CCCOCCOCCNc1nc(OCCOCCOCCOc2c(Br)cc3[nH]cc(O[C@@H]4O[C@H](CO)[C@@H](O)[C@H](O)[C@H]4O)c3c2Br)nc(N2CC[N+](CCCO)(CCCS(=O)(=O)[O-])CC2)n1)OCC1[C@H]2CCC#CCC[C@@H]12. The number of aromatic nitrogens is 4. The Morgan fingerprint density at radius 3 is 2.19 bits per heavy atom. The van der Waals surface area contributed by atoms with Gasteiger partial charge in [-0.15, -0.1) is 11.8 Å². The van der Waals surface area contributed by atoms with Crippen LogP contribution in [0.4, 0.5) is 11.9 Å². The number of halogens is 2. The fourth-order valence-corrected chi connectivity index (χ4v) is 12.1. The van der Waals surface area contributed by atoms with E-state index in [1.807, 2.05) is 4.90 Å². The van der Waals surface area contributed by atoms with Crippen molar-refractivity contribution in [2.75, 3.05) is 148 Å². The number of aliphatic hydroxyl groups is 5. The van der Waals surface area contributed by atoms with E-state index in [9.17, 15) is 43.3 Å². The molecule has 1 saturated carbocycles. The van der Waals surface area contributed by atoms with Gasteiger partial charge >= 0.3 is 12.0 Å². The normalized spacial score (nSPS) is 23.7. The van der Waals surface area contributed by atoms with E-state index in [0.29, 0.717) is 152 Å². The Hall–Kier alpha value is -3.77. The predicted octanol–water partition coefficient (Wildman–Crippen LogP) is 1.71. The first kappa shape index (κ1) is 62.8. The average molecular weight is 1270 g/mol. The molecule has 1 aromatic carbocycles. The number of carbonyl (C=O) groups is 1. The van der Waals surface area contributed by atoms with Crippen molar-refractivity contribution in [1.29, 1.82) is 0 Å². The molecule has 2 aliphatic heterocycles. The molecule has 28 heteroatoms. The Morgan fingerprint density at radius 2 is 1.51 bits per heavy atom. The van der Waals surface area contributed by atoms with Gasteiger partial charge in [0.05, 0.1) is 129 Å². The van der Waals surface area contributed by atoms with Gasteiger partial charge in [0.1, 0.15) is 49.1 Å². The zero-order chi connectivity index (χ0) is 56.2. The summed E-state index contributed by atoms with van der Waals surface area (Å²) in [5.74, 6) is 8.88. The highest BCUT2D eigenvalue weighted by Crippen LogP contribution is 2.52. The number of quaternary nitrogens is 1. The van der Waals surface area contributed by atoms with Crippen molar-refractivity contribution in [3.8, 4) is 29.4 Å². The number of nitrogens with zero attached hydrogens (tertiary/aromatic N) is 5. The van der Waals surface area contributed by atoms with Crippen molar-refractivity contribution in [2.45, 2.75) is 82.1 Å². The molecule has 0 radical (unpaired) electrons. The van der Waals surface area contributed by atoms with Crippen molar-refractivity contribution in [3.05, 3.63) is 21.2 Å². The van der Waals surface area contributed by atoms with Gasteiger partial charge in [-0.25, -0.2) is 8.42 Å². The van der Waals surface area contributed by atoms with Crippen LogP contribution in [-0.2, 0) is 43.3 Å². The smallest absolute Gasteiger partial charge is 0.323 e. The van der Waals surface area contributed by atoms with Gasteiger partial charge in [-0.05, 0) is 74.9 Å². The molecule has 4 aliphatic rings. The first-order valence-electron chi connectivity index (χ1n) is 27.0. The molecule has 442 valence electrons. The predicted molar refractivity (Wildman–Crippen MR) is 290 cm³/mol. The zero-order valence-corrected chi connectivity index (χ0v) is 48.2. The van der Waals surface area contributed by atoms with Gasteiger partial charge in [0.25, 0.3) is 0 Å². The molecule has 2 aromatic heterocycles. The third kappa shape index (κ3) is 19.1. The first-order valence-corrected chi connectivity index (χ1v) is 30.1. The molecule has 0 bridgehead atoms. The number of aliphatic hydroxyl groups excluding tert-OH is 5. The second-order valence-electron chi connectivity index (χ2n) is 19.8. The van der Waals surface area contributed by atoms with Crippen LogP contribution in [-0.4, -0.2) is 237 Å². The van der Waals surface area contributed by atoms with Gasteiger partial charge in [0.15, 0.2) is 0 Å². The summed E-state index contributed by atoms with van der Waals surface area (Å²) in [5, 5.41) is 53.8. The van der Waals surface area contributed by atoms with Crippen molar-refractivity contribution in [1.82, 2.24) is 19.9 Å². The van der Waals surface area contributed by atoms with Crippen LogP contribution in [0.2, 0.25) is 0 Å². The molecule has 1 unspecified atom stereocenters. The summed E-state index contributed by atoms with van der Waals surface area (Å²) in [5.41, 5.74) is 0.649. The Morgan fingerprint density at radius 1 is 0.848 bits per heavy atom. The highest BCUT2D eigenvalue weighted by molar-refractivity contribution is 9.11. The fourth-order valence-electron chi connectivity index (χ4n) is 10.1. The standard InChI is InChI=1S/C51H75Br2N7O18S/c52-37-30-38-42(39(31-55-38)77-48-46(66)45(65)44(64)40(32-62)78-48)43(53)47(37)74-27-25-72-23-24-73-26-28-75-51-57-49(56-50(58-51)59-12-16-60(17-13-59,14-6-18-61)15-7-29-79(67,68)69)54-11-20-71-22-21-70-19-5-10-41(63)76-33-36-34-8-3-1-2-4-9-35(34)36/h30-31,34-36,40,44-46,48,55,61-62,64-66H,3-29,32-33H2,(H-,54,56,57,58,67,68,69)/t34-,35+,36?,40-,44-,45+,46-,48-/m1/s1. The quantitative estimate of drug-likeness (QED) is 0.0145. The van der Waals surface area contributed by atoms with Crippen molar-refractivity contribution < 1.29 is 90.4 Å². The van der Waals surface area contributed by atoms with Gasteiger partial charge in [0, 0.05) is 63.8 Å². The highest BCUT2D eigenvalue weighted by atomic mass is 79.9. The Bertz CT molecular complexity index is 2530. The molecule has 2 saturated heterocycles. The monoisotopic (exact) mass is 1260 g/mol. The number of nitrogens with one attached hydrogen (secondary N) is 2. The number of aromatic amines is 1. The third-order valence-electron chi connectivity index (χ3n) is 14.4. The molecule has 8 atom stereocenters. The fraction of sp³-hybridized carbons (Fsp3) is 0.725. The van der Waals surface area contributed by atoms with Gasteiger partial charge in [-0.1, -0.05) is 0 Å². The van der Waals surface area contributed by atoms with Gasteiger partial charge in [-0.3, -0.25) is 4.79 Å². The van der Waals surface area contributed by atoms with Crippen LogP contribution in [0.1, 0.15) is 51.4 Å². The number of ether oxygens (including phenoxy) is 9. The summed E-state index contributed by atoms with van der Waals surface area (Å²) in [4.78, 5) is 31.2. The summed E-state index contributed by atoms with van der Waals surface area (Å²) in [7, 11) is -4.35. The van der Waals surface area contributed by atoms with E-state index in [2.05, 4.69) is 69.0 Å². The van der Waals surface area contributed by atoms with E-state index in [-0.39, 0.29) is 76.3 Å². The number of benzene rings is 1. The molecule has 0 spiro atoms. The molecule has 4 heterocycles. The maximum absolute atomic E-state index is 12.3. The lowest BCUT2D eigenvalue weighted by molar-refractivity contribution is -0.928. The molecule has 79 heavy (non-hydrogen) atoms. The second kappa shape index (κ2) is 31.6. The van der Waals surface area contributed by atoms with Crippen molar-refractivity contribution in [2.24, 2.45) is 17.8 Å². The molecule has 3 fully saturated rings. The van der Waals surface area contributed by atoms with E-state index in [1.54, 1.807) is 12.3 Å². The number of H-pyrrole nitrogens is 1. The number of hydrogen-bond acceptors (Lipinski definition) is 23. The van der Waals surface area contributed by atoms with Crippen LogP contribution in [0, 0.1) is 29.6 Å². The van der Waals surface area contributed by atoms with Gasteiger partial charge in [-0.2, -0.15) is 15.0 Å².